The standard InChI is InChI=1S/C9H17NO3/c1-6(2)8(5-11)10-4-7(12)3-9(10)13/h6-8,11-12H,3-5H2,1-2H3/t7?,8-/m0/s1. The number of amides is 1. The third-order valence-electron chi connectivity index (χ3n) is 2.49. The van der Waals surface area contributed by atoms with Gasteiger partial charge in [0.2, 0.25) is 5.91 Å². The van der Waals surface area contributed by atoms with Crippen molar-refractivity contribution in [3.8, 4) is 0 Å². The lowest BCUT2D eigenvalue weighted by molar-refractivity contribution is -0.131. The highest BCUT2D eigenvalue weighted by Crippen LogP contribution is 2.18. The fourth-order valence-electron chi connectivity index (χ4n) is 1.70. The molecule has 1 fully saturated rings. The summed E-state index contributed by atoms with van der Waals surface area (Å²) in [4.78, 5) is 12.9. The summed E-state index contributed by atoms with van der Waals surface area (Å²) in [5.41, 5.74) is 0. The maximum Gasteiger partial charge on any atom is 0.225 e. The Kier molecular flexibility index (Phi) is 3.27. The average molecular weight is 187 g/mol. The van der Waals surface area contributed by atoms with Gasteiger partial charge in [-0.25, -0.2) is 0 Å². The van der Waals surface area contributed by atoms with Crippen LogP contribution in [0, 0.1) is 5.92 Å². The Morgan fingerprint density at radius 3 is 2.54 bits per heavy atom. The maximum atomic E-state index is 11.3. The van der Waals surface area contributed by atoms with Gasteiger partial charge < -0.3 is 15.1 Å². The topological polar surface area (TPSA) is 60.8 Å². The van der Waals surface area contributed by atoms with Gasteiger partial charge in [0.05, 0.1) is 25.2 Å². The Balaban J connectivity index is 2.64. The number of β-amino-alcohol motifs (C(OH)–C–C–N with tert-alkyl or cyclic N) is 1. The van der Waals surface area contributed by atoms with Crippen molar-refractivity contribution in [2.24, 2.45) is 5.92 Å². The second kappa shape index (κ2) is 4.07. The van der Waals surface area contributed by atoms with Gasteiger partial charge in [-0.2, -0.15) is 0 Å². The fraction of sp³-hybridized carbons (Fsp3) is 0.889. The lowest BCUT2D eigenvalue weighted by Gasteiger charge is -2.29. The summed E-state index contributed by atoms with van der Waals surface area (Å²) in [7, 11) is 0. The summed E-state index contributed by atoms with van der Waals surface area (Å²) in [5.74, 6) is 0.166. The van der Waals surface area contributed by atoms with E-state index in [-0.39, 0.29) is 30.9 Å². The molecule has 0 aromatic rings. The van der Waals surface area contributed by atoms with Crippen LogP contribution in [0.25, 0.3) is 0 Å². The van der Waals surface area contributed by atoms with Crippen molar-refractivity contribution in [3.05, 3.63) is 0 Å². The van der Waals surface area contributed by atoms with Gasteiger partial charge in [0.1, 0.15) is 0 Å². The Hall–Kier alpha value is -0.610. The predicted molar refractivity (Wildman–Crippen MR) is 48.0 cm³/mol. The van der Waals surface area contributed by atoms with Crippen molar-refractivity contribution in [3.63, 3.8) is 0 Å². The second-order valence-electron chi connectivity index (χ2n) is 3.90. The molecule has 0 spiro atoms. The zero-order valence-corrected chi connectivity index (χ0v) is 8.10. The van der Waals surface area contributed by atoms with Crippen molar-refractivity contribution in [1.29, 1.82) is 0 Å². The zero-order valence-electron chi connectivity index (χ0n) is 8.10. The smallest absolute Gasteiger partial charge is 0.225 e. The third-order valence-corrected chi connectivity index (χ3v) is 2.49. The summed E-state index contributed by atoms with van der Waals surface area (Å²) in [6.07, 6.45) is -0.358. The van der Waals surface area contributed by atoms with Gasteiger partial charge in [-0.1, -0.05) is 13.8 Å². The predicted octanol–water partition coefficient (Wildman–Crippen LogP) is -0.404. The molecule has 76 valence electrons. The fourth-order valence-corrected chi connectivity index (χ4v) is 1.70. The van der Waals surface area contributed by atoms with E-state index in [9.17, 15) is 9.90 Å². The van der Waals surface area contributed by atoms with E-state index in [1.807, 2.05) is 13.8 Å². The molecule has 1 amide bonds. The summed E-state index contributed by atoms with van der Waals surface area (Å²) in [5, 5.41) is 18.3. The van der Waals surface area contributed by atoms with Gasteiger partial charge in [-0.05, 0) is 5.92 Å². The molecule has 1 aliphatic heterocycles. The van der Waals surface area contributed by atoms with Gasteiger partial charge >= 0.3 is 0 Å². The van der Waals surface area contributed by atoms with E-state index in [0.717, 1.165) is 0 Å². The molecular formula is C9H17NO3. The van der Waals surface area contributed by atoms with E-state index < -0.39 is 6.10 Å². The zero-order chi connectivity index (χ0) is 10.0. The normalized spacial score (nSPS) is 25.8. The van der Waals surface area contributed by atoms with Gasteiger partial charge in [0.15, 0.2) is 0 Å². The number of hydrogen-bond donors (Lipinski definition) is 2. The Morgan fingerprint density at radius 1 is 1.62 bits per heavy atom. The Bertz CT molecular complexity index is 193. The molecule has 0 saturated carbocycles. The molecule has 2 atom stereocenters. The third kappa shape index (κ3) is 2.19. The molecule has 0 radical (unpaired) electrons. The lowest BCUT2D eigenvalue weighted by atomic mass is 10.0. The Labute approximate surface area is 78.2 Å². The van der Waals surface area contributed by atoms with Gasteiger partial charge in [-0.3, -0.25) is 4.79 Å². The second-order valence-corrected chi connectivity index (χ2v) is 3.90. The van der Waals surface area contributed by atoms with Gasteiger partial charge in [-0.15, -0.1) is 0 Å². The number of aliphatic hydroxyl groups excluding tert-OH is 2. The minimum absolute atomic E-state index is 0.0316. The van der Waals surface area contributed by atoms with Crippen molar-refractivity contribution in [1.82, 2.24) is 4.90 Å². The summed E-state index contributed by atoms with van der Waals surface area (Å²) >= 11 is 0. The van der Waals surface area contributed by atoms with Crippen molar-refractivity contribution in [2.45, 2.75) is 32.4 Å². The molecule has 13 heavy (non-hydrogen) atoms. The molecule has 1 saturated heterocycles. The van der Waals surface area contributed by atoms with Crippen LogP contribution in [0.3, 0.4) is 0 Å². The highest BCUT2D eigenvalue weighted by molar-refractivity contribution is 5.79. The summed E-state index contributed by atoms with van der Waals surface area (Å²) in [6.45, 7) is 4.25. The molecular weight excluding hydrogens is 170 g/mol. The molecule has 1 unspecified atom stereocenters. The lowest BCUT2D eigenvalue weighted by Crippen LogP contribution is -2.42. The summed E-state index contributed by atoms with van der Waals surface area (Å²) in [6, 6.07) is -0.148. The maximum absolute atomic E-state index is 11.3. The number of aliphatic hydroxyl groups is 2. The van der Waals surface area contributed by atoms with Gasteiger partial charge in [0, 0.05) is 6.54 Å². The molecule has 0 bridgehead atoms. The first-order chi connectivity index (χ1) is 6.06. The Morgan fingerprint density at radius 2 is 2.23 bits per heavy atom. The number of likely N-dealkylation sites (tertiary alicyclic amines) is 1. The number of carbonyl (C=O) groups is 1. The molecule has 2 N–H and O–H groups in total. The molecule has 1 rings (SSSR count). The minimum atomic E-state index is -0.555. The first kappa shape index (κ1) is 10.5. The van der Waals surface area contributed by atoms with E-state index in [4.69, 9.17) is 5.11 Å². The number of nitrogens with zero attached hydrogens (tertiary/aromatic N) is 1. The van der Waals surface area contributed by atoms with Crippen LogP contribution < -0.4 is 0 Å². The molecule has 1 aliphatic rings. The monoisotopic (exact) mass is 187 g/mol. The van der Waals surface area contributed by atoms with Crippen molar-refractivity contribution < 1.29 is 15.0 Å². The average Bonchev–Trinajstić information content (AvgIpc) is 2.31. The van der Waals surface area contributed by atoms with Crippen LogP contribution in [0.5, 0.6) is 0 Å². The SMILES string of the molecule is CC(C)[C@H](CO)N1CC(O)CC1=O. The highest BCUT2D eigenvalue weighted by atomic mass is 16.3. The molecule has 0 aromatic carbocycles. The van der Waals surface area contributed by atoms with Crippen LogP contribution in [0.1, 0.15) is 20.3 Å². The van der Waals surface area contributed by atoms with Crippen molar-refractivity contribution in [2.75, 3.05) is 13.2 Å². The molecule has 4 heteroatoms. The molecule has 0 aromatic heterocycles. The minimum Gasteiger partial charge on any atom is -0.394 e. The first-order valence-corrected chi connectivity index (χ1v) is 4.64. The summed E-state index contributed by atoms with van der Waals surface area (Å²) < 4.78 is 0. The van der Waals surface area contributed by atoms with E-state index in [0.29, 0.717) is 6.54 Å². The molecule has 4 nitrogen and oxygen atoms in total. The first-order valence-electron chi connectivity index (χ1n) is 4.64. The van der Waals surface area contributed by atoms with Crippen LogP contribution in [0.2, 0.25) is 0 Å². The number of carbonyl (C=O) groups excluding carboxylic acids is 1. The van der Waals surface area contributed by atoms with Crippen LogP contribution in [-0.2, 0) is 4.79 Å². The number of rotatable bonds is 3. The van der Waals surface area contributed by atoms with Crippen molar-refractivity contribution >= 4 is 5.91 Å². The van der Waals surface area contributed by atoms with Crippen LogP contribution in [-0.4, -0.2) is 46.3 Å². The van der Waals surface area contributed by atoms with Gasteiger partial charge in [0.25, 0.3) is 0 Å². The highest BCUT2D eigenvalue weighted by Gasteiger charge is 2.34. The van der Waals surface area contributed by atoms with E-state index in [2.05, 4.69) is 0 Å². The van der Waals surface area contributed by atoms with Crippen LogP contribution in [0.15, 0.2) is 0 Å². The van der Waals surface area contributed by atoms with Crippen LogP contribution >= 0.6 is 0 Å². The quantitative estimate of drug-likeness (QED) is 0.632. The molecule has 1 heterocycles. The van der Waals surface area contributed by atoms with Crippen LogP contribution in [0.4, 0.5) is 0 Å². The van der Waals surface area contributed by atoms with E-state index in [1.54, 1.807) is 4.90 Å². The van der Waals surface area contributed by atoms with E-state index >= 15 is 0 Å². The number of hydrogen-bond acceptors (Lipinski definition) is 3. The largest absolute Gasteiger partial charge is 0.394 e. The molecule has 0 aliphatic carbocycles. The van der Waals surface area contributed by atoms with E-state index in [1.165, 1.54) is 0 Å².